The van der Waals surface area contributed by atoms with Crippen molar-refractivity contribution in [3.8, 4) is 0 Å². The molecule has 1 N–H and O–H groups in total. The van der Waals surface area contributed by atoms with Crippen LogP contribution in [0, 0.1) is 5.92 Å². The molecular formula is C14H26NaO7S+. The van der Waals surface area contributed by atoms with E-state index in [4.69, 9.17) is 4.74 Å². The smallest absolute Gasteiger partial charge is 0.469 e. The van der Waals surface area contributed by atoms with Crippen LogP contribution in [0.15, 0.2) is 0 Å². The monoisotopic (exact) mass is 361 g/mol. The minimum Gasteiger partial charge on any atom is -0.469 e. The SMILES string of the molecule is CCC(CC)CCCOC(=O)C(C)(CC(=O)OC)S(=O)(=O)O.[Na+]. The maximum Gasteiger partial charge on any atom is 1.00 e. The van der Waals surface area contributed by atoms with Crippen molar-refractivity contribution in [3.05, 3.63) is 0 Å². The predicted molar refractivity (Wildman–Crippen MR) is 80.9 cm³/mol. The van der Waals surface area contributed by atoms with Gasteiger partial charge >= 0.3 is 41.5 Å². The summed E-state index contributed by atoms with van der Waals surface area (Å²) < 4.78 is 39.0. The van der Waals surface area contributed by atoms with Crippen LogP contribution < -0.4 is 29.6 Å². The van der Waals surface area contributed by atoms with E-state index in [9.17, 15) is 22.6 Å². The molecule has 1 atom stereocenters. The van der Waals surface area contributed by atoms with Crippen LogP contribution in [-0.2, 0) is 29.2 Å². The number of ether oxygens (including phenoxy) is 2. The van der Waals surface area contributed by atoms with E-state index in [0.717, 1.165) is 33.3 Å². The molecule has 0 saturated carbocycles. The summed E-state index contributed by atoms with van der Waals surface area (Å²) in [6.07, 6.45) is 2.70. The van der Waals surface area contributed by atoms with Crippen molar-refractivity contribution in [1.29, 1.82) is 0 Å². The van der Waals surface area contributed by atoms with Gasteiger partial charge in [-0.15, -0.1) is 0 Å². The molecule has 130 valence electrons. The second kappa shape index (κ2) is 11.4. The average Bonchev–Trinajstić information content (AvgIpc) is 2.45. The summed E-state index contributed by atoms with van der Waals surface area (Å²) in [5.74, 6) is -1.54. The van der Waals surface area contributed by atoms with Gasteiger partial charge in [0, 0.05) is 0 Å². The zero-order valence-corrected chi connectivity index (χ0v) is 17.4. The number of hydrogen-bond donors (Lipinski definition) is 1. The third-order valence-corrected chi connectivity index (χ3v) is 5.30. The van der Waals surface area contributed by atoms with Crippen LogP contribution in [0.25, 0.3) is 0 Å². The Morgan fingerprint density at radius 2 is 1.74 bits per heavy atom. The molecule has 0 aromatic heterocycles. The van der Waals surface area contributed by atoms with Gasteiger partial charge in [-0.05, 0) is 25.7 Å². The molecule has 0 heterocycles. The Kier molecular flexibility index (Phi) is 12.5. The molecule has 0 aliphatic rings. The molecule has 0 rings (SSSR count). The van der Waals surface area contributed by atoms with Crippen molar-refractivity contribution >= 4 is 22.1 Å². The van der Waals surface area contributed by atoms with Crippen LogP contribution in [0.4, 0.5) is 0 Å². The molecule has 0 aliphatic carbocycles. The minimum atomic E-state index is -4.81. The number of carbonyl (C=O) groups excluding carboxylic acids is 2. The molecule has 0 bridgehead atoms. The fraction of sp³-hybridized carbons (Fsp3) is 0.857. The minimum absolute atomic E-state index is 0. The van der Waals surface area contributed by atoms with E-state index in [2.05, 4.69) is 18.6 Å². The van der Waals surface area contributed by atoms with Gasteiger partial charge in [-0.25, -0.2) is 0 Å². The zero-order chi connectivity index (χ0) is 17.4. The van der Waals surface area contributed by atoms with Gasteiger partial charge in [-0.2, -0.15) is 8.42 Å². The molecule has 9 heteroatoms. The summed E-state index contributed by atoms with van der Waals surface area (Å²) in [5, 5.41) is 0. The third-order valence-electron chi connectivity index (χ3n) is 3.86. The van der Waals surface area contributed by atoms with Crippen molar-refractivity contribution in [2.24, 2.45) is 5.92 Å². The van der Waals surface area contributed by atoms with Crippen LogP contribution in [0.3, 0.4) is 0 Å². The molecule has 23 heavy (non-hydrogen) atoms. The van der Waals surface area contributed by atoms with Gasteiger partial charge < -0.3 is 9.47 Å². The Labute approximate surface area is 160 Å². The molecule has 0 amide bonds. The Morgan fingerprint density at radius 3 is 2.13 bits per heavy atom. The maximum atomic E-state index is 12.0. The normalized spacial score (nSPS) is 13.8. The van der Waals surface area contributed by atoms with E-state index in [1.165, 1.54) is 0 Å². The Morgan fingerprint density at radius 1 is 1.22 bits per heavy atom. The Balaban J connectivity index is 0. The summed E-state index contributed by atoms with van der Waals surface area (Å²) in [6.45, 7) is 5.14. The van der Waals surface area contributed by atoms with Crippen LogP contribution in [0.2, 0.25) is 0 Å². The van der Waals surface area contributed by atoms with Crippen LogP contribution >= 0.6 is 0 Å². The number of rotatable bonds is 10. The standard InChI is InChI=1S/C14H26O7S.Na/c1-5-11(6-2)8-7-9-21-13(16)14(3,22(17,18)19)10-12(15)20-4;/h11H,5-10H2,1-4H3,(H,17,18,19);/q;+1. The first kappa shape index (κ1) is 25.1. The predicted octanol–water partition coefficient (Wildman–Crippen LogP) is -1.04. The molecule has 0 radical (unpaired) electrons. The summed E-state index contributed by atoms with van der Waals surface area (Å²) in [6, 6.07) is 0. The van der Waals surface area contributed by atoms with Gasteiger partial charge in [-0.1, -0.05) is 26.7 Å². The van der Waals surface area contributed by atoms with Crippen molar-refractivity contribution < 1.29 is 61.6 Å². The molecule has 0 aromatic rings. The number of carbonyl (C=O) groups is 2. The van der Waals surface area contributed by atoms with E-state index >= 15 is 0 Å². The van der Waals surface area contributed by atoms with E-state index in [1.54, 1.807) is 0 Å². The largest absolute Gasteiger partial charge is 1.00 e. The first-order valence-corrected chi connectivity index (χ1v) is 8.77. The molecule has 0 aromatic carbocycles. The van der Waals surface area contributed by atoms with Gasteiger partial charge in [0.1, 0.15) is 0 Å². The van der Waals surface area contributed by atoms with Crippen LogP contribution in [0.5, 0.6) is 0 Å². The summed E-state index contributed by atoms with van der Waals surface area (Å²) in [4.78, 5) is 23.2. The molecule has 0 fully saturated rings. The Bertz CT molecular complexity index is 474. The van der Waals surface area contributed by atoms with Gasteiger partial charge in [0.25, 0.3) is 10.1 Å². The van der Waals surface area contributed by atoms with Crippen molar-refractivity contribution in [2.45, 2.75) is 57.6 Å². The van der Waals surface area contributed by atoms with Crippen LogP contribution in [0.1, 0.15) is 52.9 Å². The number of esters is 2. The fourth-order valence-corrected chi connectivity index (χ4v) is 2.57. The summed E-state index contributed by atoms with van der Waals surface area (Å²) in [7, 11) is -3.74. The second-order valence-corrected chi connectivity index (χ2v) is 7.27. The van der Waals surface area contributed by atoms with Crippen molar-refractivity contribution in [2.75, 3.05) is 13.7 Å². The number of hydrogen-bond acceptors (Lipinski definition) is 6. The van der Waals surface area contributed by atoms with Crippen molar-refractivity contribution in [1.82, 2.24) is 0 Å². The maximum absolute atomic E-state index is 12.0. The molecular weight excluding hydrogens is 335 g/mol. The van der Waals surface area contributed by atoms with E-state index in [0.29, 0.717) is 12.3 Å². The van der Waals surface area contributed by atoms with Crippen molar-refractivity contribution in [3.63, 3.8) is 0 Å². The first-order valence-electron chi connectivity index (χ1n) is 7.33. The summed E-state index contributed by atoms with van der Waals surface area (Å²) in [5.41, 5.74) is 0. The summed E-state index contributed by atoms with van der Waals surface area (Å²) >= 11 is 0. The zero-order valence-electron chi connectivity index (χ0n) is 14.6. The molecule has 0 saturated heterocycles. The first-order chi connectivity index (χ1) is 10.1. The fourth-order valence-electron chi connectivity index (χ4n) is 2.00. The van der Waals surface area contributed by atoms with E-state index in [1.807, 2.05) is 0 Å². The van der Waals surface area contributed by atoms with Gasteiger partial charge in [0.05, 0.1) is 20.1 Å². The molecule has 0 aliphatic heterocycles. The van der Waals surface area contributed by atoms with Gasteiger partial charge in [0.2, 0.25) is 4.75 Å². The van der Waals surface area contributed by atoms with E-state index in [-0.39, 0.29) is 36.2 Å². The number of methoxy groups -OCH3 is 1. The van der Waals surface area contributed by atoms with Crippen LogP contribution in [-0.4, -0.2) is 43.4 Å². The molecule has 0 spiro atoms. The topological polar surface area (TPSA) is 107 Å². The van der Waals surface area contributed by atoms with E-state index < -0.39 is 33.2 Å². The quantitative estimate of drug-likeness (QED) is 0.229. The molecule has 1 unspecified atom stereocenters. The Hall–Kier alpha value is -0.150. The second-order valence-electron chi connectivity index (χ2n) is 5.42. The average molecular weight is 361 g/mol. The van der Waals surface area contributed by atoms with Gasteiger partial charge in [0.15, 0.2) is 0 Å². The third kappa shape index (κ3) is 7.98. The van der Waals surface area contributed by atoms with Gasteiger partial charge in [-0.3, -0.25) is 14.1 Å². The molecule has 7 nitrogen and oxygen atoms in total.